The molecule has 21 heavy (non-hydrogen) atoms. The first-order chi connectivity index (χ1) is 10.1. The van der Waals surface area contributed by atoms with Crippen molar-refractivity contribution in [3.63, 3.8) is 0 Å². The highest BCUT2D eigenvalue weighted by Crippen LogP contribution is 2.26. The lowest BCUT2D eigenvalue weighted by Crippen LogP contribution is -2.30. The van der Waals surface area contributed by atoms with Crippen LogP contribution in [-0.4, -0.2) is 42.5 Å². The minimum atomic E-state index is -0.682. The second-order valence-electron chi connectivity index (χ2n) is 4.84. The van der Waals surface area contributed by atoms with Crippen molar-refractivity contribution in [3.8, 4) is 0 Å². The van der Waals surface area contributed by atoms with Crippen molar-refractivity contribution in [2.75, 3.05) is 13.2 Å². The standard InChI is InChI=1S/C14H20N2O5/c1-2-19-14(18)20-9-11-5-6-12(21-11)16-7-3-4-10(8-16)13(15)17/h3,7-8,11-12H,2,4-6,9H2,1H3,(H2,15,17)/t11-,12+/m0/s1. The molecule has 1 fully saturated rings. The van der Waals surface area contributed by atoms with Gasteiger partial charge in [-0.05, 0) is 26.2 Å². The van der Waals surface area contributed by atoms with Crippen LogP contribution in [0, 0.1) is 0 Å². The predicted molar refractivity (Wildman–Crippen MR) is 73.7 cm³/mol. The number of allylic oxidation sites excluding steroid dienone is 1. The smallest absolute Gasteiger partial charge is 0.435 e. The van der Waals surface area contributed by atoms with Gasteiger partial charge in [0.15, 0.2) is 0 Å². The molecule has 0 aliphatic carbocycles. The molecule has 0 aromatic carbocycles. The average Bonchev–Trinajstić information content (AvgIpc) is 2.94. The molecule has 2 aliphatic heterocycles. The van der Waals surface area contributed by atoms with E-state index in [0.29, 0.717) is 12.0 Å². The quantitative estimate of drug-likeness (QED) is 0.768. The molecular weight excluding hydrogens is 276 g/mol. The Labute approximate surface area is 123 Å². The van der Waals surface area contributed by atoms with Crippen molar-refractivity contribution < 1.29 is 23.8 Å². The first-order valence-corrected chi connectivity index (χ1v) is 6.99. The predicted octanol–water partition coefficient (Wildman–Crippen LogP) is 1.25. The topological polar surface area (TPSA) is 91.1 Å². The van der Waals surface area contributed by atoms with Crippen LogP contribution in [0.1, 0.15) is 26.2 Å². The lowest BCUT2D eigenvalue weighted by molar-refractivity contribution is -0.114. The molecule has 2 aliphatic rings. The Hall–Kier alpha value is -2.02. The molecule has 2 rings (SSSR count). The van der Waals surface area contributed by atoms with Crippen LogP contribution in [0.5, 0.6) is 0 Å². The SMILES string of the molecule is CCOC(=O)OC[C@@H]1CC[C@H](N2C=CCC(C(N)=O)=C2)O1. The molecule has 7 nitrogen and oxygen atoms in total. The summed E-state index contributed by atoms with van der Waals surface area (Å²) in [5.74, 6) is -0.426. The fraction of sp³-hybridized carbons (Fsp3) is 0.571. The summed E-state index contributed by atoms with van der Waals surface area (Å²) < 4.78 is 15.4. The van der Waals surface area contributed by atoms with Crippen LogP contribution in [0.3, 0.4) is 0 Å². The van der Waals surface area contributed by atoms with E-state index in [2.05, 4.69) is 4.74 Å². The summed E-state index contributed by atoms with van der Waals surface area (Å²) in [6, 6.07) is 0. The van der Waals surface area contributed by atoms with E-state index in [1.807, 2.05) is 17.2 Å². The summed E-state index contributed by atoms with van der Waals surface area (Å²) in [4.78, 5) is 24.1. The number of nitrogens with two attached hydrogens (primary N) is 1. The monoisotopic (exact) mass is 296 g/mol. The van der Waals surface area contributed by atoms with E-state index >= 15 is 0 Å². The maximum absolute atomic E-state index is 11.2. The Morgan fingerprint density at radius 3 is 2.95 bits per heavy atom. The second-order valence-corrected chi connectivity index (χ2v) is 4.84. The largest absolute Gasteiger partial charge is 0.508 e. The highest BCUT2D eigenvalue weighted by Gasteiger charge is 2.30. The molecule has 116 valence electrons. The fourth-order valence-electron chi connectivity index (χ4n) is 2.27. The molecule has 1 amide bonds. The van der Waals surface area contributed by atoms with E-state index < -0.39 is 12.1 Å². The van der Waals surface area contributed by atoms with Crippen LogP contribution >= 0.6 is 0 Å². The van der Waals surface area contributed by atoms with E-state index in [1.54, 1.807) is 13.1 Å². The van der Waals surface area contributed by atoms with Gasteiger partial charge in [-0.15, -0.1) is 0 Å². The van der Waals surface area contributed by atoms with Gasteiger partial charge in [0.2, 0.25) is 5.91 Å². The second kappa shape index (κ2) is 7.12. The van der Waals surface area contributed by atoms with E-state index in [4.69, 9.17) is 15.2 Å². The first-order valence-electron chi connectivity index (χ1n) is 6.99. The molecular formula is C14H20N2O5. The number of carbonyl (C=O) groups is 2. The molecule has 2 N–H and O–H groups in total. The highest BCUT2D eigenvalue weighted by molar-refractivity contribution is 5.92. The number of carbonyl (C=O) groups excluding carboxylic acids is 2. The van der Waals surface area contributed by atoms with E-state index in [-0.39, 0.29) is 25.5 Å². The summed E-state index contributed by atoms with van der Waals surface area (Å²) in [5.41, 5.74) is 5.83. The zero-order chi connectivity index (χ0) is 15.2. The van der Waals surface area contributed by atoms with Crippen LogP contribution in [0.25, 0.3) is 0 Å². The lowest BCUT2D eigenvalue weighted by atomic mass is 10.1. The van der Waals surface area contributed by atoms with Crippen LogP contribution < -0.4 is 5.73 Å². The molecule has 0 saturated carbocycles. The van der Waals surface area contributed by atoms with Gasteiger partial charge in [-0.3, -0.25) is 4.79 Å². The number of rotatable bonds is 5. The van der Waals surface area contributed by atoms with Gasteiger partial charge in [-0.1, -0.05) is 6.08 Å². The molecule has 0 aromatic rings. The number of hydrogen-bond donors (Lipinski definition) is 1. The number of hydrogen-bond acceptors (Lipinski definition) is 6. The van der Waals surface area contributed by atoms with Crippen molar-refractivity contribution >= 4 is 12.1 Å². The van der Waals surface area contributed by atoms with Crippen molar-refractivity contribution in [3.05, 3.63) is 24.0 Å². The number of ether oxygens (including phenoxy) is 3. The average molecular weight is 296 g/mol. The molecule has 7 heteroatoms. The van der Waals surface area contributed by atoms with Gasteiger partial charge in [0.1, 0.15) is 12.8 Å². The Morgan fingerprint density at radius 2 is 2.24 bits per heavy atom. The summed E-state index contributed by atoms with van der Waals surface area (Å²) in [6.45, 7) is 2.17. The summed E-state index contributed by atoms with van der Waals surface area (Å²) in [5, 5.41) is 0. The summed E-state index contributed by atoms with van der Waals surface area (Å²) in [7, 11) is 0. The Balaban J connectivity index is 1.82. The molecule has 0 radical (unpaired) electrons. The fourth-order valence-corrected chi connectivity index (χ4v) is 2.27. The zero-order valence-electron chi connectivity index (χ0n) is 12.0. The number of primary amides is 1. The third-order valence-electron chi connectivity index (χ3n) is 3.30. The van der Waals surface area contributed by atoms with Crippen molar-refractivity contribution in [1.29, 1.82) is 0 Å². The van der Waals surface area contributed by atoms with Gasteiger partial charge >= 0.3 is 6.16 Å². The minimum Gasteiger partial charge on any atom is -0.435 e. The van der Waals surface area contributed by atoms with E-state index in [9.17, 15) is 9.59 Å². The van der Waals surface area contributed by atoms with Crippen LogP contribution in [0.4, 0.5) is 4.79 Å². The Kier molecular flexibility index (Phi) is 5.21. The first kappa shape index (κ1) is 15.4. The highest BCUT2D eigenvalue weighted by atomic mass is 16.7. The summed E-state index contributed by atoms with van der Waals surface area (Å²) >= 11 is 0. The lowest BCUT2D eigenvalue weighted by Gasteiger charge is -2.26. The molecule has 0 spiro atoms. The normalized spacial score (nSPS) is 24.6. The molecule has 2 atom stereocenters. The van der Waals surface area contributed by atoms with Gasteiger partial charge < -0.3 is 24.8 Å². The van der Waals surface area contributed by atoms with Gasteiger partial charge in [-0.2, -0.15) is 0 Å². The van der Waals surface area contributed by atoms with Gasteiger partial charge in [0.05, 0.1) is 12.7 Å². The maximum Gasteiger partial charge on any atom is 0.508 e. The molecule has 0 aromatic heterocycles. The third kappa shape index (κ3) is 4.22. The van der Waals surface area contributed by atoms with E-state index in [1.165, 1.54) is 0 Å². The molecule has 0 bridgehead atoms. The Bertz CT molecular complexity index is 460. The van der Waals surface area contributed by atoms with E-state index in [0.717, 1.165) is 12.8 Å². The van der Waals surface area contributed by atoms with Crippen LogP contribution in [-0.2, 0) is 19.0 Å². The zero-order valence-corrected chi connectivity index (χ0v) is 12.0. The number of nitrogens with zero attached hydrogens (tertiary/aromatic N) is 1. The molecule has 1 saturated heterocycles. The van der Waals surface area contributed by atoms with Gasteiger partial charge in [0.25, 0.3) is 0 Å². The Morgan fingerprint density at radius 1 is 1.43 bits per heavy atom. The maximum atomic E-state index is 11.2. The van der Waals surface area contributed by atoms with Crippen molar-refractivity contribution in [2.24, 2.45) is 5.73 Å². The van der Waals surface area contributed by atoms with Crippen LogP contribution in [0.15, 0.2) is 24.0 Å². The third-order valence-corrected chi connectivity index (χ3v) is 3.30. The minimum absolute atomic E-state index is 0.166. The number of amides is 1. The van der Waals surface area contributed by atoms with Gasteiger partial charge in [0, 0.05) is 18.0 Å². The summed E-state index contributed by atoms with van der Waals surface area (Å²) in [6.07, 6.45) is 6.51. The van der Waals surface area contributed by atoms with Crippen molar-refractivity contribution in [2.45, 2.75) is 38.5 Å². The van der Waals surface area contributed by atoms with Crippen LogP contribution in [0.2, 0.25) is 0 Å². The molecule has 0 unspecified atom stereocenters. The van der Waals surface area contributed by atoms with Gasteiger partial charge in [-0.25, -0.2) is 4.79 Å². The van der Waals surface area contributed by atoms with Crippen molar-refractivity contribution in [1.82, 2.24) is 4.90 Å². The molecule has 2 heterocycles.